The van der Waals surface area contributed by atoms with Crippen LogP contribution in [0.5, 0.6) is 23.0 Å². The van der Waals surface area contributed by atoms with E-state index >= 15 is 0 Å². The van der Waals surface area contributed by atoms with Crippen molar-refractivity contribution in [1.82, 2.24) is 53.5 Å². The summed E-state index contributed by atoms with van der Waals surface area (Å²) in [6.45, 7) is 31.8. The first kappa shape index (κ1) is 88.9. The number of rotatable bonds is 22. The molecule has 10 aliphatic rings. The number of hydrogen-bond acceptors (Lipinski definition) is 24. The normalized spacial score (nSPS) is 20.8. The quantitative estimate of drug-likeness (QED) is 0.0564. The predicted molar refractivity (Wildman–Crippen MR) is 441 cm³/mol. The smallest absolute Gasteiger partial charge is 0.410 e. The summed E-state index contributed by atoms with van der Waals surface area (Å²) in [5.41, 5.74) is -1.08. The maximum atomic E-state index is 12.2. The highest BCUT2D eigenvalue weighted by Gasteiger charge is 2.45. The van der Waals surface area contributed by atoms with Crippen molar-refractivity contribution in [3.05, 3.63) is 77.9 Å². The number of nitrogens with zero attached hydrogens (tertiary/aromatic N) is 13. The van der Waals surface area contributed by atoms with Crippen molar-refractivity contribution in [2.75, 3.05) is 184 Å². The number of piperidine rings is 4. The lowest BCUT2D eigenvalue weighted by atomic mass is 9.98. The second-order valence-electron chi connectivity index (χ2n) is 33.1. The molecule has 114 heavy (non-hydrogen) atoms. The predicted octanol–water partition coefficient (Wildman–Crippen LogP) is 11.4. The summed E-state index contributed by atoms with van der Waals surface area (Å²) in [7, 11) is -6.26. The molecule has 0 bridgehead atoms. The van der Waals surface area contributed by atoms with Gasteiger partial charge in [0.2, 0.25) is 20.0 Å². The van der Waals surface area contributed by atoms with Crippen LogP contribution >= 0.6 is 15.9 Å². The second kappa shape index (κ2) is 40.6. The van der Waals surface area contributed by atoms with E-state index < -0.39 is 25.6 Å². The topological polar surface area (TPSA) is 303 Å². The van der Waals surface area contributed by atoms with E-state index in [1.165, 1.54) is 0 Å². The highest BCUT2D eigenvalue weighted by atomic mass is 79.9. The van der Waals surface area contributed by atoms with Gasteiger partial charge < -0.3 is 77.5 Å². The third-order valence-electron chi connectivity index (χ3n) is 22.6. The molecule has 3 saturated carbocycles. The number of likely N-dealkylation sites (tertiary alicyclic amines) is 4. The fourth-order valence-corrected chi connectivity index (χ4v) is 16.4. The van der Waals surface area contributed by atoms with Crippen LogP contribution in [0.3, 0.4) is 0 Å². The van der Waals surface area contributed by atoms with Crippen molar-refractivity contribution in [3.8, 4) is 23.0 Å². The van der Waals surface area contributed by atoms with Gasteiger partial charge in [0.05, 0.1) is 62.7 Å². The minimum absolute atomic E-state index is 0. The first-order valence-electron chi connectivity index (χ1n) is 40.8. The molecule has 4 aromatic heterocycles. The second-order valence-corrected chi connectivity index (χ2v) is 38.4. The lowest BCUT2D eigenvalue weighted by Crippen LogP contribution is -2.49. The molecule has 4 amide bonds. The third-order valence-corrected chi connectivity index (χ3v) is 26.9. The van der Waals surface area contributed by atoms with E-state index in [4.69, 9.17) is 37.9 Å². The molecule has 0 atom stereocenters. The molecule has 1 N–H and O–H groups in total. The summed E-state index contributed by atoms with van der Waals surface area (Å²) in [6.07, 6.45) is 19.5. The summed E-state index contributed by atoms with van der Waals surface area (Å²) in [5.74, 6) is 7.75. The summed E-state index contributed by atoms with van der Waals surface area (Å²) < 4.78 is 97.6. The number of carbonyl (C=O) groups is 4. The number of amides is 4. The monoisotopic (exact) mass is 1690 g/mol. The fourth-order valence-electron chi connectivity index (χ4n) is 14.0. The van der Waals surface area contributed by atoms with E-state index in [1.54, 1.807) is 45.9 Å². The van der Waals surface area contributed by atoms with Gasteiger partial charge in [0.1, 0.15) is 67.5 Å². The Kier molecular flexibility index (Phi) is 31.7. The van der Waals surface area contributed by atoms with Crippen molar-refractivity contribution < 1.29 is 73.9 Å². The van der Waals surface area contributed by atoms with Crippen molar-refractivity contribution in [3.63, 3.8) is 0 Å². The highest BCUT2D eigenvalue weighted by Crippen LogP contribution is 2.42. The number of halogens is 1. The van der Waals surface area contributed by atoms with Gasteiger partial charge in [-0.25, -0.2) is 55.9 Å². The van der Waals surface area contributed by atoms with E-state index in [-0.39, 0.29) is 60.1 Å². The molecule has 30 nitrogen and oxygen atoms in total. The van der Waals surface area contributed by atoms with Gasteiger partial charge in [-0.2, -0.15) is 8.61 Å². The van der Waals surface area contributed by atoms with E-state index in [1.807, 2.05) is 111 Å². The molecule has 11 heterocycles. The van der Waals surface area contributed by atoms with Crippen LogP contribution in [0.25, 0.3) is 0 Å². The molecule has 0 spiro atoms. The summed E-state index contributed by atoms with van der Waals surface area (Å²) in [4.78, 5) is 80.0. The number of aromatic nitrogens is 4. The molecular weight excluding hydrogens is 1570 g/mol. The Labute approximate surface area is 684 Å². The highest BCUT2D eigenvalue weighted by molar-refractivity contribution is 9.10. The van der Waals surface area contributed by atoms with Crippen LogP contribution < -0.4 is 39.0 Å². The largest absolute Gasteiger partial charge is 0.492 e. The Morgan fingerprint density at radius 3 is 0.930 bits per heavy atom. The SMILES string of the molecule is C.CC(C)(C)OC(=O)N1CCC(COc2ccc(Br)nc2)CC1.CC1(OC(=O)N2CCC(COc3ccc(N4CCNCC4)nc3)CC2)CC1.CCS(=O)(=O)N1CCN(c2ccc(OCC3CCN(C(=O)OC4(C)CC4)CC3)cn2)CC1.CCS(=O)(=O)N1CCN(c2ccc(OCC3CCN(C(=O)OC4(C)CC4)CC3)cn2)CC1. The molecule has 7 saturated heterocycles. The molecule has 0 unspecified atom stereocenters. The molecule has 14 rings (SSSR count). The average molecular weight is 1700 g/mol. The van der Waals surface area contributed by atoms with Gasteiger partial charge in [0.25, 0.3) is 0 Å². The van der Waals surface area contributed by atoms with Crippen LogP contribution in [0.15, 0.2) is 77.9 Å². The number of ether oxygens (including phenoxy) is 8. The first-order valence-corrected chi connectivity index (χ1v) is 44.9. The Balaban J connectivity index is 0.000000162. The lowest BCUT2D eigenvalue weighted by Gasteiger charge is -2.34. The molecular formula is C81H125BrN14O16S2. The average Bonchev–Trinajstić information content (AvgIpc) is 1.64. The standard InChI is InChI=1S/2C22H34N4O5S.C20H30N4O3.C16H23BrN2O3.CH4/c2*1-3-32(28,29)26-14-12-24(13-15-26)20-5-4-19(16-23-20)30-17-18-6-10-25(11-7-18)21(27)31-22(2)8-9-22;1-20(6-7-20)27-19(25)24-10-4-16(5-11-24)15-26-17-2-3-18(22-14-17)23-12-8-21-9-13-23;1-16(2,3)22-15(20)19-8-6-12(7-9-19)11-21-13-4-5-14(17)18-10-13;/h2*4-5,16,18H,3,6-15,17H2,1-2H3;2-3,14,16,21H,4-13,15H2,1H3;4-5,10,12H,6-9,11H2,1-3H3;1H4. The Morgan fingerprint density at radius 2 is 0.684 bits per heavy atom. The van der Waals surface area contributed by atoms with Crippen molar-refractivity contribution in [2.45, 2.75) is 175 Å². The van der Waals surface area contributed by atoms with Gasteiger partial charge in [-0.3, -0.25) is 0 Å². The van der Waals surface area contributed by atoms with Crippen LogP contribution in [0.2, 0.25) is 0 Å². The molecule has 0 radical (unpaired) electrons. The number of carbonyl (C=O) groups excluding carboxylic acids is 4. The first-order chi connectivity index (χ1) is 54.0. The minimum atomic E-state index is -3.13. The van der Waals surface area contributed by atoms with Crippen molar-refractivity contribution in [1.29, 1.82) is 0 Å². The van der Waals surface area contributed by atoms with Gasteiger partial charge in [0.15, 0.2) is 0 Å². The maximum absolute atomic E-state index is 12.2. The summed E-state index contributed by atoms with van der Waals surface area (Å²) >= 11 is 3.30. The van der Waals surface area contributed by atoms with E-state index in [0.29, 0.717) is 129 Å². The van der Waals surface area contributed by atoms with E-state index in [0.717, 1.165) is 187 Å². The number of sulfonamides is 2. The van der Waals surface area contributed by atoms with E-state index in [9.17, 15) is 36.0 Å². The minimum Gasteiger partial charge on any atom is -0.492 e. The van der Waals surface area contributed by atoms with Gasteiger partial charge in [-0.15, -0.1) is 0 Å². The Morgan fingerprint density at radius 1 is 0.412 bits per heavy atom. The van der Waals surface area contributed by atoms with Crippen LogP contribution in [0.1, 0.15) is 153 Å². The maximum Gasteiger partial charge on any atom is 0.410 e. The number of anilines is 3. The number of piperazine rings is 3. The zero-order valence-corrected chi connectivity index (χ0v) is 70.8. The van der Waals surface area contributed by atoms with Gasteiger partial charge in [-0.05, 0) is 233 Å². The molecule has 634 valence electrons. The zero-order chi connectivity index (χ0) is 80.4. The molecule has 33 heteroatoms. The van der Waals surface area contributed by atoms with Crippen LogP contribution in [-0.2, 0) is 39.0 Å². The van der Waals surface area contributed by atoms with Crippen LogP contribution in [-0.4, -0.2) is 281 Å². The van der Waals surface area contributed by atoms with Gasteiger partial charge in [-0.1, -0.05) is 7.43 Å². The Hall–Kier alpha value is -7.46. The number of pyridine rings is 4. The lowest BCUT2D eigenvalue weighted by molar-refractivity contribution is 0.0164. The fraction of sp³-hybridized carbons (Fsp3) is 0.704. The molecule has 10 fully saturated rings. The molecule has 0 aromatic carbocycles. The summed E-state index contributed by atoms with van der Waals surface area (Å²) in [6, 6.07) is 15.5. The van der Waals surface area contributed by atoms with Crippen LogP contribution in [0, 0.1) is 23.7 Å². The molecule has 4 aromatic rings. The van der Waals surface area contributed by atoms with Crippen molar-refractivity contribution >= 4 is 77.8 Å². The van der Waals surface area contributed by atoms with E-state index in [2.05, 4.69) is 55.9 Å². The van der Waals surface area contributed by atoms with Gasteiger partial charge >= 0.3 is 24.4 Å². The molecule has 3 aliphatic carbocycles. The third kappa shape index (κ3) is 27.6. The number of hydrogen-bond donors (Lipinski definition) is 1. The van der Waals surface area contributed by atoms with Crippen LogP contribution in [0.4, 0.5) is 36.6 Å². The zero-order valence-electron chi connectivity index (χ0n) is 67.6. The summed E-state index contributed by atoms with van der Waals surface area (Å²) in [5, 5.41) is 3.35. The number of nitrogens with one attached hydrogen (secondary N) is 1. The molecule has 7 aliphatic heterocycles. The van der Waals surface area contributed by atoms with Crippen molar-refractivity contribution in [2.24, 2.45) is 23.7 Å². The van der Waals surface area contributed by atoms with Gasteiger partial charge in [0, 0.05) is 131 Å². The Bertz CT molecular complexity index is 3750.